The molecule has 0 aliphatic carbocycles. The molecule has 708 valence electrons. The van der Waals surface area contributed by atoms with Crippen LogP contribution >= 0.6 is 15.9 Å². The van der Waals surface area contributed by atoms with Crippen molar-refractivity contribution in [3.8, 4) is 93.0 Å². The van der Waals surface area contributed by atoms with Crippen LogP contribution in [0.2, 0.25) is 0 Å². The maximum Gasteiger partial charge on any atom is 0.408 e. The maximum absolute atomic E-state index is 12.8. The maximum atomic E-state index is 12.8. The average Bonchev–Trinajstić information content (AvgIpc) is 1.58. The van der Waals surface area contributed by atoms with Crippen molar-refractivity contribution < 1.29 is 9.53 Å². The van der Waals surface area contributed by atoms with Gasteiger partial charge in [-0.3, -0.25) is 70.9 Å². The number of terminal acetylenes is 1. The highest BCUT2D eigenvalue weighted by atomic mass is 79.9. The van der Waals surface area contributed by atoms with Gasteiger partial charge in [0.15, 0.2) is 0 Å². The number of amides is 1. The van der Waals surface area contributed by atoms with Gasteiger partial charge in [-0.25, -0.2) is 52.3 Å². The summed E-state index contributed by atoms with van der Waals surface area (Å²) in [7, 11) is 4.13. The van der Waals surface area contributed by atoms with Crippen LogP contribution in [0.25, 0.3) is 113 Å². The highest BCUT2D eigenvalue weighted by Gasteiger charge is 2.21. The minimum atomic E-state index is -0.569. The molecule has 36 nitrogen and oxygen atoms in total. The molecule has 0 fully saturated rings. The van der Waals surface area contributed by atoms with Crippen molar-refractivity contribution in [2.24, 2.45) is 11.5 Å². The largest absolute Gasteiger partial charge is 0.444 e. The number of halogens is 1. The molecule has 0 atom stereocenters. The number of nitrogens with two attached hydrogens (primary N) is 2. The van der Waals surface area contributed by atoms with Crippen LogP contribution < -0.4 is 44.6 Å². The van der Waals surface area contributed by atoms with Gasteiger partial charge in [0.05, 0.1) is 157 Å². The van der Waals surface area contributed by atoms with Gasteiger partial charge in [-0.1, -0.05) is 42.7 Å². The SMILES string of the molecule is C#CCC.Cc1cn2nc(-c3cc(=O)n4cc(Br)ccc4n3)cc2c(C)n1.Cc1cn2nc(-c3cc(=O)n4cc(C#CCN)ccc4n3)cc2c(C)n1.Cc1cn2nc(-c3cc(=O)n4cc(C#CCNC(=O)OC(C)(C)C)ccc4n3)cc2c(C)n1.Cc1cn2nc(-c3cc(=O)n4cc(CCCN(C)C)ccc4n3)cc2c(C)n1.Cc1cn2nc(-c3cc(=O)n4cc(CCCN)ccc4n3)cc2c(C)n1. The van der Waals surface area contributed by atoms with Gasteiger partial charge < -0.3 is 26.4 Å². The molecule has 0 bridgehead atoms. The van der Waals surface area contributed by atoms with Crippen molar-refractivity contribution in [2.75, 3.05) is 40.3 Å². The number of carbonyl (C=O) groups is 1. The van der Waals surface area contributed by atoms with E-state index in [1.807, 2.05) is 186 Å². The zero-order valence-electron chi connectivity index (χ0n) is 80.3. The first kappa shape index (κ1) is 97.7. The molecule has 1 amide bonds. The van der Waals surface area contributed by atoms with E-state index >= 15 is 0 Å². The van der Waals surface area contributed by atoms with Crippen LogP contribution in [-0.4, -0.2) is 177 Å². The number of hydrogen-bond donors (Lipinski definition) is 3. The number of nitrogens with zero attached hydrogens (tertiary/aromatic N) is 26. The van der Waals surface area contributed by atoms with Crippen molar-refractivity contribution in [3.05, 3.63) is 319 Å². The molecule has 20 heterocycles. The molecule has 5 N–H and O–H groups in total. The summed E-state index contributed by atoms with van der Waals surface area (Å²) >= 11 is 3.36. The first-order valence-electron chi connectivity index (χ1n) is 45.0. The second-order valence-corrected chi connectivity index (χ2v) is 35.4. The number of carbonyl (C=O) groups excluding carboxylic acids is 1. The monoisotopic (exact) mass is 1940 g/mol. The summed E-state index contributed by atoms with van der Waals surface area (Å²) in [6.07, 6.45) is 26.8. The Balaban J connectivity index is 0.000000132. The summed E-state index contributed by atoms with van der Waals surface area (Å²) in [4.78, 5) is 122. The zero-order chi connectivity index (χ0) is 99.7. The van der Waals surface area contributed by atoms with Crippen molar-refractivity contribution in [1.29, 1.82) is 0 Å². The van der Waals surface area contributed by atoms with Crippen LogP contribution in [0.4, 0.5) is 4.79 Å². The number of ether oxygens (including phenoxy) is 1. The lowest BCUT2D eigenvalue weighted by Gasteiger charge is -2.18. The van der Waals surface area contributed by atoms with Gasteiger partial charge in [0.2, 0.25) is 0 Å². The molecule has 0 saturated carbocycles. The molecule has 0 radical (unpaired) electrons. The van der Waals surface area contributed by atoms with Gasteiger partial charge in [0, 0.05) is 83.3 Å². The Bertz CT molecular complexity index is 8740. The Morgan fingerprint density at radius 3 is 0.993 bits per heavy atom. The molecule has 0 spiro atoms. The second kappa shape index (κ2) is 42.2. The lowest BCUT2D eigenvalue weighted by Crippen LogP contribution is -2.32. The molecular formula is C103H102BrN29O7. The van der Waals surface area contributed by atoms with Crippen LogP contribution in [0.5, 0.6) is 0 Å². The number of rotatable bonds is 13. The molecular weight excluding hydrogens is 1840 g/mol. The summed E-state index contributed by atoms with van der Waals surface area (Å²) in [6, 6.07) is 35.5. The molecule has 20 rings (SSSR count). The van der Waals surface area contributed by atoms with E-state index in [1.54, 1.807) is 101 Å². The van der Waals surface area contributed by atoms with Crippen molar-refractivity contribution >= 4 is 77.8 Å². The van der Waals surface area contributed by atoms with Gasteiger partial charge in [0.1, 0.15) is 62.3 Å². The minimum Gasteiger partial charge on any atom is -0.444 e. The molecule has 0 aromatic carbocycles. The molecule has 0 aliphatic heterocycles. The fourth-order valence-electron chi connectivity index (χ4n) is 15.4. The third-order valence-corrected chi connectivity index (χ3v) is 22.2. The number of aryl methyl sites for hydroxylation is 12. The summed E-state index contributed by atoms with van der Waals surface area (Å²) in [5.41, 5.74) is 35.2. The van der Waals surface area contributed by atoms with E-state index in [4.69, 9.17) is 22.6 Å². The Morgan fingerprint density at radius 1 is 0.400 bits per heavy atom. The van der Waals surface area contributed by atoms with Gasteiger partial charge in [0.25, 0.3) is 27.8 Å². The summed E-state index contributed by atoms with van der Waals surface area (Å²) in [5.74, 6) is 13.9. The van der Waals surface area contributed by atoms with Crippen LogP contribution in [0.3, 0.4) is 0 Å². The lowest BCUT2D eigenvalue weighted by molar-refractivity contribution is 0.0535. The van der Waals surface area contributed by atoms with E-state index in [0.29, 0.717) is 103 Å². The quantitative estimate of drug-likeness (QED) is 0.0902. The number of alkyl carbamates (subject to hydrolysis) is 1. The normalized spacial score (nSPS) is 11.2. The molecule has 20 aromatic rings. The molecule has 140 heavy (non-hydrogen) atoms. The highest BCUT2D eigenvalue weighted by molar-refractivity contribution is 9.10. The van der Waals surface area contributed by atoms with E-state index in [0.717, 1.165) is 139 Å². The van der Waals surface area contributed by atoms with E-state index < -0.39 is 11.7 Å². The third-order valence-electron chi connectivity index (χ3n) is 21.7. The molecule has 0 saturated heterocycles. The molecule has 0 aliphatic rings. The number of pyridine rings is 5. The predicted octanol–water partition coefficient (Wildman–Crippen LogP) is 12.5. The first-order chi connectivity index (χ1) is 67.0. The number of hydrogen-bond acceptors (Lipinski definition) is 25. The van der Waals surface area contributed by atoms with Crippen molar-refractivity contribution in [2.45, 2.75) is 135 Å². The summed E-state index contributed by atoms with van der Waals surface area (Å²) in [6.45, 7) is 28.7. The van der Waals surface area contributed by atoms with Crippen LogP contribution in [0.15, 0.2) is 212 Å². The van der Waals surface area contributed by atoms with Gasteiger partial charge >= 0.3 is 6.09 Å². The minimum absolute atomic E-state index is 0.0995. The fraction of sp³-hybridized carbons (Fsp3) is 0.252. The number of fused-ring (bicyclic) bond motifs is 10. The fourth-order valence-corrected chi connectivity index (χ4v) is 15.7. The molecule has 20 aromatic heterocycles. The molecule has 0 unspecified atom stereocenters. The van der Waals surface area contributed by atoms with Crippen LogP contribution in [0, 0.1) is 105 Å². The third kappa shape index (κ3) is 23.1. The van der Waals surface area contributed by atoms with Crippen molar-refractivity contribution in [3.63, 3.8) is 0 Å². The zero-order valence-corrected chi connectivity index (χ0v) is 81.9. The Morgan fingerprint density at radius 2 is 0.693 bits per heavy atom. The van der Waals surface area contributed by atoms with Crippen LogP contribution in [0.1, 0.15) is 126 Å². The number of nitrogens with one attached hydrogen (secondary N) is 1. The summed E-state index contributed by atoms with van der Waals surface area (Å²) in [5, 5.41) is 25.3. The standard InChI is InChI=1S/C24H24N6O3.C21H24N6O.C19H20N6O.C19H16N6O.C16H12BrN5O.C4H6/c1-15-13-30-20(16(2)26-15)11-19(28-30)18-12-22(31)29-14-17(8-9-21(29)27-18)7-6-10-25-23(32)33-24(3,4)5;1-14-12-27-19(15(2)22-14)10-18(24-27)17-11-21(28)26-13-16(6-5-9-25(3)4)7-8-20(26)23-17;2*1-12-10-25-17(13(2)21-12)8-16(23-25)15-9-19(26)24-11-14(4-3-7-20)5-6-18(24)22-15;1-9-7-22-14(10(2)18-9)5-13(20-22)12-6-16(23)21-8-11(17)3-4-15(21)19-12;1-3-4-2/h8-9,11-14H,10H2,1-5H3,(H,25,32);7-8,10-13H,5-6,9H2,1-4H3;5-6,8-11H,3-4,7,20H2,1-2H3;5-6,8-11H,7,20H2,1-2H3;3-8H,1-2H3;1H,4H2,2H3. The second-order valence-electron chi connectivity index (χ2n) is 34.5. The van der Waals surface area contributed by atoms with Gasteiger partial charge in [-0.15, -0.1) is 12.3 Å². The smallest absolute Gasteiger partial charge is 0.408 e. The Labute approximate surface area is 810 Å². The Kier molecular flexibility index (Phi) is 29.5. The van der Waals surface area contributed by atoms with Gasteiger partial charge in [-0.2, -0.15) is 25.5 Å². The highest BCUT2D eigenvalue weighted by Crippen LogP contribution is 2.27. The Hall–Kier alpha value is -16.8. The number of aromatic nitrogens is 25. The van der Waals surface area contributed by atoms with Crippen LogP contribution in [-0.2, 0) is 17.6 Å². The summed E-state index contributed by atoms with van der Waals surface area (Å²) < 4.78 is 22.4. The predicted molar refractivity (Wildman–Crippen MR) is 543 cm³/mol. The molecule has 37 heteroatoms. The van der Waals surface area contributed by atoms with E-state index in [-0.39, 0.29) is 40.9 Å². The van der Waals surface area contributed by atoms with E-state index in [9.17, 15) is 28.8 Å². The van der Waals surface area contributed by atoms with Crippen molar-refractivity contribution in [1.82, 2.24) is 130 Å². The average molecular weight is 1940 g/mol. The first-order valence-corrected chi connectivity index (χ1v) is 45.7. The lowest BCUT2D eigenvalue weighted by atomic mass is 10.1. The van der Waals surface area contributed by atoms with E-state index in [1.165, 1.54) is 37.5 Å². The topological polar surface area (TPSA) is 416 Å². The van der Waals surface area contributed by atoms with E-state index in [2.05, 4.69) is 145 Å². The van der Waals surface area contributed by atoms with Gasteiger partial charge in [-0.05, 0) is 249 Å².